The normalized spacial score (nSPS) is 29.3. The molecule has 12 heteroatoms. The summed E-state index contributed by atoms with van der Waals surface area (Å²) >= 11 is 0. The zero-order valence-corrected chi connectivity index (χ0v) is 15.2. The number of hydrogen-bond donors (Lipinski definition) is 0. The van der Waals surface area contributed by atoms with Crippen molar-refractivity contribution in [1.82, 2.24) is 0 Å². The smallest absolute Gasteiger partial charge is 0.367 e. The Hall–Kier alpha value is -0.920. The van der Waals surface area contributed by atoms with Crippen LogP contribution in [0.4, 0.5) is 8.78 Å². The van der Waals surface area contributed by atoms with Crippen molar-refractivity contribution in [3.63, 3.8) is 0 Å². The highest BCUT2D eigenvalue weighted by Gasteiger charge is 2.42. The molecule has 2 saturated heterocycles. The highest BCUT2D eigenvalue weighted by molar-refractivity contribution is 7.86. The van der Waals surface area contributed by atoms with Gasteiger partial charge in [0.05, 0.1) is 39.6 Å². The Kier molecular flexibility index (Phi) is 6.25. The van der Waals surface area contributed by atoms with Crippen molar-refractivity contribution < 1.29 is 50.2 Å². The van der Waals surface area contributed by atoms with E-state index in [-0.39, 0.29) is 26.4 Å². The van der Waals surface area contributed by atoms with Gasteiger partial charge in [-0.25, -0.2) is 8.42 Å². The Morgan fingerprint density at radius 2 is 1.58 bits per heavy atom. The summed E-state index contributed by atoms with van der Waals surface area (Å²) in [6.07, 6.45) is 0. The van der Waals surface area contributed by atoms with E-state index in [1.165, 1.54) is 0 Å². The Bertz CT molecular complexity index is 590. The molecule has 2 heterocycles. The number of carbonyl (C=O) groups excluding carboxylic acids is 1. The molecule has 0 bridgehead atoms. The minimum Gasteiger partial charge on any atom is -0.743 e. The average Bonchev–Trinajstić information content (AvgIpc) is 3.43. The van der Waals surface area contributed by atoms with Gasteiger partial charge >= 0.3 is 11.2 Å². The third kappa shape index (κ3) is 6.35. The number of epoxide rings is 2. The summed E-state index contributed by atoms with van der Waals surface area (Å²) in [7, 11) is -5.94. The van der Waals surface area contributed by atoms with Crippen molar-refractivity contribution in [1.29, 1.82) is 0 Å². The first-order valence-electron chi connectivity index (χ1n) is 7.79. The number of carbonyl (C=O) groups is 1. The van der Waals surface area contributed by atoms with E-state index in [9.17, 15) is 26.5 Å². The topological polar surface area (TPSA) is 127 Å². The molecule has 2 atom stereocenters. The minimum atomic E-state index is -5.94. The van der Waals surface area contributed by atoms with E-state index in [2.05, 4.69) is 4.74 Å². The number of esters is 1. The second kappa shape index (κ2) is 7.60. The number of rotatable bonds is 12. The van der Waals surface area contributed by atoms with Gasteiger partial charge in [0.1, 0.15) is 17.1 Å². The van der Waals surface area contributed by atoms with Gasteiger partial charge in [0.15, 0.2) is 16.7 Å². The molecule has 2 rings (SSSR count). The quantitative estimate of drug-likeness (QED) is 0.249. The van der Waals surface area contributed by atoms with Crippen LogP contribution >= 0.6 is 0 Å². The van der Waals surface area contributed by atoms with Crippen LogP contribution < -0.4 is 0 Å². The number of ether oxygens (including phenoxy) is 5. The first-order valence-corrected chi connectivity index (χ1v) is 9.20. The highest BCUT2D eigenvalue weighted by Crippen LogP contribution is 2.27. The molecule has 0 N–H and O–H groups in total. The van der Waals surface area contributed by atoms with E-state index < -0.39 is 45.1 Å². The Morgan fingerprint density at radius 1 is 1.15 bits per heavy atom. The predicted octanol–water partition coefficient (Wildman–Crippen LogP) is -0.105. The monoisotopic (exact) mass is 403 g/mol. The largest absolute Gasteiger partial charge is 0.743 e. The Morgan fingerprint density at radius 3 is 1.92 bits per heavy atom. The number of hydrogen-bond acceptors (Lipinski definition) is 9. The third-order valence-corrected chi connectivity index (χ3v) is 4.66. The lowest BCUT2D eigenvalue weighted by Crippen LogP contribution is -2.37. The van der Waals surface area contributed by atoms with Crippen molar-refractivity contribution >= 4 is 16.1 Å². The molecule has 0 aromatic heterocycles. The molecule has 0 aromatic carbocycles. The van der Waals surface area contributed by atoms with Gasteiger partial charge < -0.3 is 28.2 Å². The SMILES string of the molecule is CC1(COCC(COCC2(C)CO2)C(=O)OCC(F)(F)S(=O)(=O)[O-])CO1. The maximum Gasteiger partial charge on any atom is 0.367 e. The fourth-order valence-electron chi connectivity index (χ4n) is 1.78. The van der Waals surface area contributed by atoms with Gasteiger partial charge in [0.2, 0.25) is 0 Å². The van der Waals surface area contributed by atoms with Crippen molar-refractivity contribution in [3.05, 3.63) is 0 Å². The Balaban J connectivity index is 1.84. The summed E-state index contributed by atoms with van der Waals surface area (Å²) in [5, 5.41) is -4.71. The van der Waals surface area contributed by atoms with Crippen molar-refractivity contribution in [3.8, 4) is 0 Å². The van der Waals surface area contributed by atoms with Crippen LogP contribution in [-0.2, 0) is 38.6 Å². The molecule has 0 amide bonds. The molecule has 0 saturated carbocycles. The van der Waals surface area contributed by atoms with Gasteiger partial charge in [0.25, 0.3) is 0 Å². The van der Waals surface area contributed by atoms with Gasteiger partial charge in [-0.05, 0) is 13.8 Å². The van der Waals surface area contributed by atoms with Crippen molar-refractivity contribution in [2.24, 2.45) is 5.92 Å². The van der Waals surface area contributed by atoms with Crippen LogP contribution in [0.5, 0.6) is 0 Å². The summed E-state index contributed by atoms with van der Waals surface area (Å²) in [6, 6.07) is 0. The van der Waals surface area contributed by atoms with E-state index in [1.807, 2.05) is 0 Å². The summed E-state index contributed by atoms with van der Waals surface area (Å²) in [6.45, 7) is 2.69. The molecule has 26 heavy (non-hydrogen) atoms. The summed E-state index contributed by atoms with van der Waals surface area (Å²) in [5.74, 6) is -2.23. The fourth-order valence-corrected chi connectivity index (χ4v) is 1.98. The number of halogens is 2. The van der Waals surface area contributed by atoms with Crippen LogP contribution in [0.3, 0.4) is 0 Å². The first kappa shape index (κ1) is 21.4. The molecule has 2 aliphatic rings. The van der Waals surface area contributed by atoms with E-state index in [0.717, 1.165) is 0 Å². The lowest BCUT2D eigenvalue weighted by Gasteiger charge is -2.22. The van der Waals surface area contributed by atoms with Gasteiger partial charge in [-0.3, -0.25) is 4.79 Å². The summed E-state index contributed by atoms with van der Waals surface area (Å²) < 4.78 is 82.7. The first-order chi connectivity index (χ1) is 11.9. The molecule has 2 aliphatic heterocycles. The molecule has 2 fully saturated rings. The number of alkyl halides is 2. The maximum absolute atomic E-state index is 13.1. The molecule has 0 aliphatic carbocycles. The summed E-state index contributed by atoms with van der Waals surface area (Å²) in [5.41, 5.74) is -0.872. The second-order valence-electron chi connectivity index (χ2n) is 6.90. The van der Waals surface area contributed by atoms with E-state index in [1.54, 1.807) is 13.8 Å². The zero-order valence-electron chi connectivity index (χ0n) is 14.4. The lowest BCUT2D eigenvalue weighted by atomic mass is 10.1. The predicted molar refractivity (Wildman–Crippen MR) is 79.4 cm³/mol. The van der Waals surface area contributed by atoms with Crippen LogP contribution in [0.1, 0.15) is 13.8 Å². The molecular formula is C14H21F2O9S-. The zero-order chi connectivity index (χ0) is 19.6. The van der Waals surface area contributed by atoms with Crippen LogP contribution in [-0.4, -0.2) is 81.6 Å². The fraction of sp³-hybridized carbons (Fsp3) is 0.929. The van der Waals surface area contributed by atoms with Gasteiger partial charge in [-0.15, -0.1) is 0 Å². The van der Waals surface area contributed by atoms with Crippen LogP contribution in [0, 0.1) is 5.92 Å². The molecule has 0 aromatic rings. The average molecular weight is 403 g/mol. The van der Waals surface area contributed by atoms with Crippen molar-refractivity contribution in [2.75, 3.05) is 46.2 Å². The summed E-state index contributed by atoms with van der Waals surface area (Å²) in [4.78, 5) is 12.0. The molecule has 152 valence electrons. The van der Waals surface area contributed by atoms with Gasteiger partial charge in [0, 0.05) is 0 Å². The lowest BCUT2D eigenvalue weighted by molar-refractivity contribution is -0.159. The molecular weight excluding hydrogens is 382 g/mol. The van der Waals surface area contributed by atoms with Crippen LogP contribution in [0.2, 0.25) is 0 Å². The molecule has 0 radical (unpaired) electrons. The second-order valence-corrected chi connectivity index (χ2v) is 8.41. The van der Waals surface area contributed by atoms with E-state index in [4.69, 9.17) is 18.9 Å². The molecule has 0 spiro atoms. The standard InChI is InChI=1S/C14H22F2O9S/c1-12(7-24-12)5-21-3-10(4-22-6-13(2)8-25-13)11(17)23-9-14(15,16)26(18,19)20/h10H,3-9H2,1-2H3,(H,18,19,20)/p-1. The van der Waals surface area contributed by atoms with E-state index >= 15 is 0 Å². The van der Waals surface area contributed by atoms with Crippen LogP contribution in [0.25, 0.3) is 0 Å². The van der Waals surface area contributed by atoms with E-state index in [0.29, 0.717) is 13.2 Å². The minimum absolute atomic E-state index is 0.183. The van der Waals surface area contributed by atoms with Crippen molar-refractivity contribution in [2.45, 2.75) is 30.3 Å². The molecule has 9 nitrogen and oxygen atoms in total. The molecule has 2 unspecified atom stereocenters. The maximum atomic E-state index is 13.1. The van der Waals surface area contributed by atoms with Gasteiger partial charge in [-0.1, -0.05) is 0 Å². The van der Waals surface area contributed by atoms with Crippen LogP contribution in [0.15, 0.2) is 0 Å². The third-order valence-electron chi connectivity index (χ3n) is 3.81. The Labute approximate surface area is 149 Å². The van der Waals surface area contributed by atoms with Gasteiger partial charge in [-0.2, -0.15) is 8.78 Å². The highest BCUT2D eigenvalue weighted by atomic mass is 32.2.